The molecule has 0 spiro atoms. The zero-order valence-electron chi connectivity index (χ0n) is 14.0. The van der Waals surface area contributed by atoms with Gasteiger partial charge in [0, 0.05) is 11.3 Å². The Hall–Kier alpha value is -2.82. The molecule has 1 amide bonds. The van der Waals surface area contributed by atoms with Crippen molar-refractivity contribution in [2.45, 2.75) is 13.8 Å². The van der Waals surface area contributed by atoms with E-state index in [-0.39, 0.29) is 17.8 Å². The maximum absolute atomic E-state index is 12.2. The lowest BCUT2D eigenvalue weighted by atomic mass is 10.1. The minimum absolute atomic E-state index is 0.229. The van der Waals surface area contributed by atoms with Crippen molar-refractivity contribution in [1.29, 1.82) is 0 Å². The van der Waals surface area contributed by atoms with E-state index in [4.69, 9.17) is 9.47 Å². The van der Waals surface area contributed by atoms with Crippen LogP contribution < -0.4 is 10.1 Å². The standard InChI is InChI=1S/C19H21NO4/c1-13(2)12-24-19(22)15-4-8-16(9-5-15)20-18(21)14-6-10-17(23-3)11-7-14/h4-11,13H,12H2,1-3H3,(H,20,21). The molecular formula is C19H21NO4. The highest BCUT2D eigenvalue weighted by molar-refractivity contribution is 6.04. The van der Waals surface area contributed by atoms with Crippen LogP contribution in [-0.2, 0) is 4.74 Å². The van der Waals surface area contributed by atoms with Gasteiger partial charge >= 0.3 is 5.97 Å². The Morgan fingerprint density at radius 1 is 0.958 bits per heavy atom. The predicted molar refractivity (Wildman–Crippen MR) is 92.5 cm³/mol. The number of esters is 1. The summed E-state index contributed by atoms with van der Waals surface area (Å²) < 4.78 is 10.2. The van der Waals surface area contributed by atoms with Crippen LogP contribution in [0.3, 0.4) is 0 Å². The number of methoxy groups -OCH3 is 1. The molecule has 0 unspecified atom stereocenters. The van der Waals surface area contributed by atoms with Crippen LogP contribution in [0.4, 0.5) is 5.69 Å². The Bertz CT molecular complexity index is 690. The molecule has 0 radical (unpaired) electrons. The molecule has 0 aromatic heterocycles. The molecule has 0 atom stereocenters. The van der Waals surface area contributed by atoms with Gasteiger partial charge < -0.3 is 14.8 Å². The molecule has 0 aliphatic rings. The van der Waals surface area contributed by atoms with Gasteiger partial charge in [0.15, 0.2) is 0 Å². The number of hydrogen-bond acceptors (Lipinski definition) is 4. The fourth-order valence-electron chi connectivity index (χ4n) is 1.96. The summed E-state index contributed by atoms with van der Waals surface area (Å²) in [5, 5.41) is 2.78. The van der Waals surface area contributed by atoms with Gasteiger partial charge in [0.25, 0.3) is 5.91 Å². The van der Waals surface area contributed by atoms with Crippen molar-refractivity contribution in [3.05, 3.63) is 59.7 Å². The van der Waals surface area contributed by atoms with E-state index in [9.17, 15) is 9.59 Å². The number of anilines is 1. The monoisotopic (exact) mass is 327 g/mol. The van der Waals surface area contributed by atoms with Crippen LogP contribution in [0, 0.1) is 5.92 Å². The number of hydrogen-bond donors (Lipinski definition) is 1. The molecule has 0 aliphatic heterocycles. The summed E-state index contributed by atoms with van der Waals surface area (Å²) in [6, 6.07) is 13.4. The summed E-state index contributed by atoms with van der Waals surface area (Å²) in [6.07, 6.45) is 0. The molecule has 0 fully saturated rings. The van der Waals surface area contributed by atoms with Crippen molar-refractivity contribution in [2.75, 3.05) is 19.0 Å². The first kappa shape index (κ1) is 17.5. The maximum atomic E-state index is 12.2. The SMILES string of the molecule is COc1ccc(C(=O)Nc2ccc(C(=O)OCC(C)C)cc2)cc1. The molecule has 0 saturated carbocycles. The van der Waals surface area contributed by atoms with Crippen LogP contribution in [0.1, 0.15) is 34.6 Å². The molecule has 0 bridgehead atoms. The molecule has 2 aromatic rings. The number of rotatable bonds is 6. The van der Waals surface area contributed by atoms with Gasteiger partial charge in [0.1, 0.15) is 5.75 Å². The van der Waals surface area contributed by atoms with E-state index in [2.05, 4.69) is 5.32 Å². The van der Waals surface area contributed by atoms with E-state index in [0.29, 0.717) is 29.2 Å². The maximum Gasteiger partial charge on any atom is 0.338 e. The third-order valence-electron chi connectivity index (χ3n) is 3.28. The summed E-state index contributed by atoms with van der Waals surface area (Å²) in [5.41, 5.74) is 1.59. The fraction of sp³-hybridized carbons (Fsp3) is 0.263. The van der Waals surface area contributed by atoms with Crippen molar-refractivity contribution < 1.29 is 19.1 Å². The second-order valence-electron chi connectivity index (χ2n) is 5.75. The van der Waals surface area contributed by atoms with E-state index in [0.717, 1.165) is 0 Å². The number of nitrogens with one attached hydrogen (secondary N) is 1. The van der Waals surface area contributed by atoms with Crippen LogP contribution in [-0.4, -0.2) is 25.6 Å². The number of carbonyl (C=O) groups excluding carboxylic acids is 2. The molecule has 5 heteroatoms. The van der Waals surface area contributed by atoms with E-state index in [1.54, 1.807) is 55.6 Å². The quantitative estimate of drug-likeness (QED) is 0.821. The van der Waals surface area contributed by atoms with Crippen LogP contribution in [0.25, 0.3) is 0 Å². The smallest absolute Gasteiger partial charge is 0.338 e. The zero-order valence-corrected chi connectivity index (χ0v) is 14.0. The van der Waals surface area contributed by atoms with Gasteiger partial charge in [-0.05, 0) is 54.4 Å². The molecule has 126 valence electrons. The highest BCUT2D eigenvalue weighted by atomic mass is 16.5. The van der Waals surface area contributed by atoms with Gasteiger partial charge in [-0.25, -0.2) is 4.79 Å². The van der Waals surface area contributed by atoms with E-state index in [1.165, 1.54) is 0 Å². The molecule has 5 nitrogen and oxygen atoms in total. The van der Waals surface area contributed by atoms with Gasteiger partial charge in [0.2, 0.25) is 0 Å². The third kappa shape index (κ3) is 4.84. The average Bonchev–Trinajstić information content (AvgIpc) is 2.60. The van der Waals surface area contributed by atoms with Crippen molar-refractivity contribution in [1.82, 2.24) is 0 Å². The van der Waals surface area contributed by atoms with E-state index in [1.807, 2.05) is 13.8 Å². The van der Waals surface area contributed by atoms with Gasteiger partial charge in [0.05, 0.1) is 19.3 Å². The topological polar surface area (TPSA) is 64.6 Å². The third-order valence-corrected chi connectivity index (χ3v) is 3.28. The van der Waals surface area contributed by atoms with Gasteiger partial charge in [-0.3, -0.25) is 4.79 Å². The highest BCUT2D eigenvalue weighted by Gasteiger charge is 2.10. The molecule has 0 saturated heterocycles. The largest absolute Gasteiger partial charge is 0.497 e. The summed E-state index contributed by atoms with van der Waals surface area (Å²) in [6.45, 7) is 4.34. The molecule has 0 aliphatic carbocycles. The van der Waals surface area contributed by atoms with Crippen LogP contribution in [0.5, 0.6) is 5.75 Å². The van der Waals surface area contributed by atoms with E-state index >= 15 is 0 Å². The molecule has 1 N–H and O–H groups in total. The first-order chi connectivity index (χ1) is 11.5. The molecule has 2 rings (SSSR count). The van der Waals surface area contributed by atoms with Crippen LogP contribution in [0.2, 0.25) is 0 Å². The Morgan fingerprint density at radius 2 is 1.54 bits per heavy atom. The van der Waals surface area contributed by atoms with Crippen molar-refractivity contribution >= 4 is 17.6 Å². The average molecular weight is 327 g/mol. The number of ether oxygens (including phenoxy) is 2. The van der Waals surface area contributed by atoms with E-state index < -0.39 is 0 Å². The van der Waals surface area contributed by atoms with Crippen molar-refractivity contribution in [3.63, 3.8) is 0 Å². The van der Waals surface area contributed by atoms with Gasteiger partial charge in [-0.15, -0.1) is 0 Å². The Kier molecular flexibility index (Phi) is 5.95. The lowest BCUT2D eigenvalue weighted by Crippen LogP contribution is -2.12. The summed E-state index contributed by atoms with van der Waals surface area (Å²) in [5.74, 6) is 0.386. The number of carbonyl (C=O) groups is 2. The Balaban J connectivity index is 1.97. The summed E-state index contributed by atoms with van der Waals surface area (Å²) in [4.78, 5) is 24.0. The van der Waals surface area contributed by atoms with Crippen molar-refractivity contribution in [3.8, 4) is 5.75 Å². The number of benzene rings is 2. The molecule has 0 heterocycles. The highest BCUT2D eigenvalue weighted by Crippen LogP contribution is 2.15. The summed E-state index contributed by atoms with van der Waals surface area (Å²) in [7, 11) is 1.57. The second kappa shape index (κ2) is 8.15. The first-order valence-electron chi connectivity index (χ1n) is 7.72. The Labute approximate surface area is 141 Å². The molecule has 2 aromatic carbocycles. The fourth-order valence-corrected chi connectivity index (χ4v) is 1.96. The minimum atomic E-state index is -0.364. The van der Waals surface area contributed by atoms with Crippen molar-refractivity contribution in [2.24, 2.45) is 5.92 Å². The molecular weight excluding hydrogens is 306 g/mol. The predicted octanol–water partition coefficient (Wildman–Crippen LogP) is 3.76. The van der Waals surface area contributed by atoms with Crippen LogP contribution >= 0.6 is 0 Å². The zero-order chi connectivity index (χ0) is 17.5. The second-order valence-corrected chi connectivity index (χ2v) is 5.75. The lowest BCUT2D eigenvalue weighted by molar-refractivity contribution is 0.0459. The first-order valence-corrected chi connectivity index (χ1v) is 7.72. The molecule has 24 heavy (non-hydrogen) atoms. The normalized spacial score (nSPS) is 10.3. The Morgan fingerprint density at radius 3 is 2.08 bits per heavy atom. The lowest BCUT2D eigenvalue weighted by Gasteiger charge is -2.09. The van der Waals surface area contributed by atoms with Gasteiger partial charge in [-0.1, -0.05) is 13.8 Å². The number of amides is 1. The minimum Gasteiger partial charge on any atom is -0.497 e. The summed E-state index contributed by atoms with van der Waals surface area (Å²) >= 11 is 0. The van der Waals surface area contributed by atoms with Gasteiger partial charge in [-0.2, -0.15) is 0 Å². The van der Waals surface area contributed by atoms with Crippen LogP contribution in [0.15, 0.2) is 48.5 Å².